The van der Waals surface area contributed by atoms with E-state index in [0.29, 0.717) is 42.4 Å². The molecule has 0 spiro atoms. The number of carbonyl (C=O) groups excluding carboxylic acids is 1. The molecule has 0 aromatic heterocycles. The first-order valence-electron chi connectivity index (χ1n) is 11.0. The quantitative estimate of drug-likeness (QED) is 0.372. The topological polar surface area (TPSA) is 44.8 Å². The molecule has 1 atom stereocenters. The van der Waals surface area contributed by atoms with Gasteiger partial charge in [0.05, 0.1) is 13.0 Å². The number of Topliss-reactive ketones (excluding diaryl/α,β-unsaturated/α-hetero) is 1. The number of hydrogen-bond donors (Lipinski definition) is 0. The average molecular weight is 417 g/mol. The Hall–Kier alpha value is -3.27. The van der Waals surface area contributed by atoms with Gasteiger partial charge in [-0.25, -0.2) is 0 Å². The SMILES string of the molecule is CCCCCOc1cc(OCc2ccccc2)cc2c1C(=O)CC(c1ccccc1)O2. The Morgan fingerprint density at radius 3 is 2.42 bits per heavy atom. The van der Waals surface area contributed by atoms with Crippen molar-refractivity contribution >= 4 is 5.78 Å². The Balaban J connectivity index is 1.60. The first-order chi connectivity index (χ1) is 15.2. The minimum atomic E-state index is -0.307. The van der Waals surface area contributed by atoms with Crippen LogP contribution < -0.4 is 14.2 Å². The minimum absolute atomic E-state index is 0.0372. The van der Waals surface area contributed by atoms with Gasteiger partial charge < -0.3 is 14.2 Å². The highest BCUT2D eigenvalue weighted by atomic mass is 16.5. The molecule has 0 bridgehead atoms. The molecule has 3 aromatic rings. The number of carbonyl (C=O) groups is 1. The molecule has 0 aliphatic carbocycles. The third-order valence-corrected chi connectivity index (χ3v) is 5.38. The van der Waals surface area contributed by atoms with Gasteiger partial charge in [-0.2, -0.15) is 0 Å². The van der Waals surface area contributed by atoms with Gasteiger partial charge in [0.25, 0.3) is 0 Å². The van der Waals surface area contributed by atoms with Gasteiger partial charge in [0.1, 0.15) is 35.5 Å². The molecule has 4 nitrogen and oxygen atoms in total. The van der Waals surface area contributed by atoms with Gasteiger partial charge in [0.2, 0.25) is 0 Å². The normalized spacial score (nSPS) is 15.1. The molecule has 4 heteroatoms. The largest absolute Gasteiger partial charge is 0.493 e. The maximum atomic E-state index is 13.1. The number of fused-ring (bicyclic) bond motifs is 1. The van der Waals surface area contributed by atoms with Crippen molar-refractivity contribution in [2.45, 2.75) is 45.3 Å². The molecule has 160 valence electrons. The van der Waals surface area contributed by atoms with Crippen LogP contribution in [0.25, 0.3) is 0 Å². The zero-order chi connectivity index (χ0) is 21.5. The second-order valence-electron chi connectivity index (χ2n) is 7.77. The fraction of sp³-hybridized carbons (Fsp3) is 0.296. The summed E-state index contributed by atoms with van der Waals surface area (Å²) in [7, 11) is 0. The van der Waals surface area contributed by atoms with Gasteiger partial charge >= 0.3 is 0 Å². The van der Waals surface area contributed by atoms with E-state index in [4.69, 9.17) is 14.2 Å². The van der Waals surface area contributed by atoms with Crippen molar-refractivity contribution in [2.75, 3.05) is 6.61 Å². The van der Waals surface area contributed by atoms with Crippen LogP contribution in [0.5, 0.6) is 17.2 Å². The number of unbranched alkanes of at least 4 members (excludes halogenated alkanes) is 2. The highest BCUT2D eigenvalue weighted by Crippen LogP contribution is 2.42. The lowest BCUT2D eigenvalue weighted by Gasteiger charge is -2.27. The van der Waals surface area contributed by atoms with Crippen LogP contribution in [0.4, 0.5) is 0 Å². The maximum Gasteiger partial charge on any atom is 0.174 e. The Morgan fingerprint density at radius 2 is 1.68 bits per heavy atom. The monoisotopic (exact) mass is 416 g/mol. The van der Waals surface area contributed by atoms with E-state index in [2.05, 4.69) is 6.92 Å². The number of benzene rings is 3. The van der Waals surface area contributed by atoms with E-state index in [-0.39, 0.29) is 11.9 Å². The number of rotatable bonds is 9. The maximum absolute atomic E-state index is 13.1. The lowest BCUT2D eigenvalue weighted by atomic mass is 9.95. The standard InChI is InChI=1S/C27H28O4/c1-2-3-10-15-29-25-16-22(30-19-20-11-6-4-7-12-20)17-26-27(25)23(28)18-24(31-26)21-13-8-5-9-14-21/h4-9,11-14,16-17,24H,2-3,10,15,18-19H2,1H3. The summed E-state index contributed by atoms with van der Waals surface area (Å²) in [5, 5.41) is 0. The van der Waals surface area contributed by atoms with Crippen molar-refractivity contribution in [2.24, 2.45) is 0 Å². The molecule has 1 aliphatic rings. The summed E-state index contributed by atoms with van der Waals surface area (Å²) in [5.74, 6) is 1.75. The van der Waals surface area contributed by atoms with Crippen LogP contribution in [-0.4, -0.2) is 12.4 Å². The van der Waals surface area contributed by atoms with Crippen LogP contribution in [0.15, 0.2) is 72.8 Å². The molecule has 1 aliphatic heterocycles. The molecule has 1 unspecified atom stereocenters. The molecule has 0 amide bonds. The van der Waals surface area contributed by atoms with E-state index in [0.717, 1.165) is 30.4 Å². The number of ketones is 1. The van der Waals surface area contributed by atoms with Crippen molar-refractivity contribution in [3.8, 4) is 17.2 Å². The van der Waals surface area contributed by atoms with Crippen LogP contribution in [0.1, 0.15) is 60.2 Å². The van der Waals surface area contributed by atoms with Gasteiger partial charge in [0.15, 0.2) is 5.78 Å². The highest BCUT2D eigenvalue weighted by Gasteiger charge is 2.31. The Kier molecular flexibility index (Phi) is 6.88. The van der Waals surface area contributed by atoms with Gasteiger partial charge in [-0.15, -0.1) is 0 Å². The number of ether oxygens (including phenoxy) is 3. The zero-order valence-electron chi connectivity index (χ0n) is 17.9. The highest BCUT2D eigenvalue weighted by molar-refractivity contribution is 6.02. The molecule has 0 fully saturated rings. The summed E-state index contributed by atoms with van der Waals surface area (Å²) in [6.45, 7) is 3.16. The average Bonchev–Trinajstić information content (AvgIpc) is 2.81. The summed E-state index contributed by atoms with van der Waals surface area (Å²) in [5.41, 5.74) is 2.59. The van der Waals surface area contributed by atoms with Crippen LogP contribution in [0, 0.1) is 0 Å². The van der Waals surface area contributed by atoms with Crippen LogP contribution in [-0.2, 0) is 6.61 Å². The zero-order valence-corrected chi connectivity index (χ0v) is 17.9. The Morgan fingerprint density at radius 1 is 0.935 bits per heavy atom. The van der Waals surface area contributed by atoms with Crippen LogP contribution >= 0.6 is 0 Å². The molecular formula is C27H28O4. The van der Waals surface area contributed by atoms with Crippen LogP contribution in [0.3, 0.4) is 0 Å². The fourth-order valence-electron chi connectivity index (χ4n) is 3.72. The van der Waals surface area contributed by atoms with Crippen molar-refractivity contribution in [1.82, 2.24) is 0 Å². The number of hydrogen-bond acceptors (Lipinski definition) is 4. The molecule has 0 saturated heterocycles. The lowest BCUT2D eigenvalue weighted by Crippen LogP contribution is -2.21. The van der Waals surface area contributed by atoms with E-state index in [1.54, 1.807) is 0 Å². The minimum Gasteiger partial charge on any atom is -0.493 e. The molecule has 0 saturated carbocycles. The second kappa shape index (κ2) is 10.2. The van der Waals surface area contributed by atoms with Crippen molar-refractivity contribution in [3.05, 3.63) is 89.5 Å². The van der Waals surface area contributed by atoms with Gasteiger partial charge in [-0.05, 0) is 17.5 Å². The molecule has 0 N–H and O–H groups in total. The predicted molar refractivity (Wildman–Crippen MR) is 121 cm³/mol. The van der Waals surface area contributed by atoms with E-state index < -0.39 is 0 Å². The van der Waals surface area contributed by atoms with E-state index in [9.17, 15) is 4.79 Å². The summed E-state index contributed by atoms with van der Waals surface area (Å²) < 4.78 is 18.3. The van der Waals surface area contributed by atoms with E-state index in [1.807, 2.05) is 72.8 Å². The molecular weight excluding hydrogens is 388 g/mol. The molecule has 3 aromatic carbocycles. The predicted octanol–water partition coefficient (Wildman–Crippen LogP) is 6.54. The smallest absolute Gasteiger partial charge is 0.174 e. The molecule has 4 rings (SSSR count). The first kappa shape index (κ1) is 21.0. The van der Waals surface area contributed by atoms with Gasteiger partial charge in [-0.3, -0.25) is 4.79 Å². The van der Waals surface area contributed by atoms with E-state index in [1.165, 1.54) is 0 Å². The van der Waals surface area contributed by atoms with Gasteiger partial charge in [0, 0.05) is 12.1 Å². The Bertz CT molecular complexity index is 999. The van der Waals surface area contributed by atoms with Crippen LogP contribution in [0.2, 0.25) is 0 Å². The lowest BCUT2D eigenvalue weighted by molar-refractivity contribution is 0.0842. The summed E-state index contributed by atoms with van der Waals surface area (Å²) in [4.78, 5) is 13.1. The second-order valence-corrected chi connectivity index (χ2v) is 7.77. The third kappa shape index (κ3) is 5.26. The molecule has 31 heavy (non-hydrogen) atoms. The van der Waals surface area contributed by atoms with Crippen molar-refractivity contribution < 1.29 is 19.0 Å². The van der Waals surface area contributed by atoms with Gasteiger partial charge in [-0.1, -0.05) is 80.4 Å². The summed E-state index contributed by atoms with van der Waals surface area (Å²) in [6, 6.07) is 23.5. The Labute approximate surface area is 183 Å². The van der Waals surface area contributed by atoms with Crippen molar-refractivity contribution in [1.29, 1.82) is 0 Å². The first-order valence-corrected chi connectivity index (χ1v) is 11.0. The van der Waals surface area contributed by atoms with E-state index >= 15 is 0 Å². The summed E-state index contributed by atoms with van der Waals surface area (Å²) in [6.07, 6.45) is 3.14. The molecule has 0 radical (unpaired) electrons. The third-order valence-electron chi connectivity index (χ3n) is 5.38. The van der Waals surface area contributed by atoms with Crippen molar-refractivity contribution in [3.63, 3.8) is 0 Å². The fourth-order valence-corrected chi connectivity index (χ4v) is 3.72. The molecule has 1 heterocycles. The summed E-state index contributed by atoms with van der Waals surface area (Å²) >= 11 is 0.